The van der Waals surface area contributed by atoms with Crippen LogP contribution in [0.15, 0.2) is 85.3 Å². The molecule has 344 valence electrons. The zero-order valence-corrected chi connectivity index (χ0v) is 36.1. The third-order valence-electron chi connectivity index (χ3n) is 12.1. The Labute approximate surface area is 379 Å². The van der Waals surface area contributed by atoms with E-state index in [1.54, 1.807) is 28.0 Å². The molecule has 0 saturated carbocycles. The monoisotopic (exact) mass is 919 g/mol. The van der Waals surface area contributed by atoms with Crippen LogP contribution in [0.5, 0.6) is 11.6 Å². The smallest absolute Gasteiger partial charge is 0.401 e. The largest absolute Gasteiger partial charge is 0.439 e. The van der Waals surface area contributed by atoms with Crippen molar-refractivity contribution in [1.29, 1.82) is 0 Å². The van der Waals surface area contributed by atoms with E-state index < -0.39 is 58.8 Å². The van der Waals surface area contributed by atoms with Crippen LogP contribution in [0.3, 0.4) is 0 Å². The summed E-state index contributed by atoms with van der Waals surface area (Å²) < 4.78 is 63.2. The number of aromatic amines is 1. The molecule has 5 amide bonds. The Hall–Kier alpha value is -7.97. The number of H-pyrrole nitrogens is 1. The topological polar surface area (TPSA) is 201 Å². The van der Waals surface area contributed by atoms with E-state index in [1.807, 2.05) is 55.5 Å². The molecule has 2 fully saturated rings. The predicted molar refractivity (Wildman–Crippen MR) is 232 cm³/mol. The molecule has 21 heteroatoms. The van der Waals surface area contributed by atoms with Crippen molar-refractivity contribution in [2.45, 2.75) is 57.8 Å². The molecule has 0 bridgehead atoms. The lowest BCUT2D eigenvalue weighted by molar-refractivity contribution is -0.182. The van der Waals surface area contributed by atoms with Crippen LogP contribution in [0.2, 0.25) is 0 Å². The third-order valence-corrected chi connectivity index (χ3v) is 12.1. The standard InChI is InChI=1S/C46H41F4N11O6/c1-25-18-27(6-10-34(25)60-24-28(21-53-60)40(63)52-23-37-54-44(57-56-37)45(2,3)46(48,49)50)26-4-8-30(9-5-26)67-39-13-7-29(22-51-39)58-14-16-59(17-15-58)36-20-32-31(19-33(36)47)42(65)61(43(32)66)35-11-12-38(62)55-41(35)64/h4-10,13,18-22,24,35H,11-12,14-17,23H2,1-3H3,(H,52,63)(H,54,56,57)(H,55,62,64). The van der Waals surface area contributed by atoms with Gasteiger partial charge in [-0.25, -0.2) is 19.0 Å². The van der Waals surface area contributed by atoms with E-state index in [4.69, 9.17) is 4.74 Å². The van der Waals surface area contributed by atoms with Gasteiger partial charge in [0.2, 0.25) is 17.7 Å². The number of piperazine rings is 1. The number of aryl methyl sites for hydroxylation is 1. The molecule has 0 aliphatic carbocycles. The van der Waals surface area contributed by atoms with Gasteiger partial charge in [0.15, 0.2) is 5.82 Å². The second-order valence-electron chi connectivity index (χ2n) is 16.8. The maximum atomic E-state index is 15.5. The van der Waals surface area contributed by atoms with Gasteiger partial charge < -0.3 is 19.9 Å². The van der Waals surface area contributed by atoms with Crippen molar-refractivity contribution in [1.82, 2.24) is 45.5 Å². The Bertz CT molecular complexity index is 2940. The number of fused-ring (bicyclic) bond motifs is 1. The summed E-state index contributed by atoms with van der Waals surface area (Å²) in [6.07, 6.45) is 0.0889. The number of aromatic nitrogens is 6. The first-order valence-electron chi connectivity index (χ1n) is 21.2. The number of amides is 5. The van der Waals surface area contributed by atoms with Gasteiger partial charge in [-0.3, -0.25) is 39.3 Å². The number of imide groups is 2. The molecular weight excluding hydrogens is 879 g/mol. The highest BCUT2D eigenvalue weighted by atomic mass is 19.4. The van der Waals surface area contributed by atoms with Crippen molar-refractivity contribution >= 4 is 40.9 Å². The van der Waals surface area contributed by atoms with Gasteiger partial charge >= 0.3 is 6.18 Å². The number of ether oxygens (including phenoxy) is 1. The Morgan fingerprint density at radius 1 is 0.866 bits per heavy atom. The lowest BCUT2D eigenvalue weighted by Crippen LogP contribution is -2.54. The molecule has 17 nitrogen and oxygen atoms in total. The first kappa shape index (κ1) is 44.2. The number of hydrogen-bond acceptors (Lipinski definition) is 12. The zero-order chi connectivity index (χ0) is 47.4. The normalized spacial score (nSPS) is 16.6. The Morgan fingerprint density at radius 2 is 1.57 bits per heavy atom. The van der Waals surface area contributed by atoms with E-state index in [0.29, 0.717) is 37.8 Å². The molecule has 3 N–H and O–H groups in total. The highest BCUT2D eigenvalue weighted by Gasteiger charge is 2.51. The summed E-state index contributed by atoms with van der Waals surface area (Å²) in [5.74, 6) is -3.21. The number of anilines is 2. The number of pyridine rings is 1. The number of rotatable bonds is 11. The molecule has 9 rings (SSSR count). The van der Waals surface area contributed by atoms with Crippen LogP contribution in [0.4, 0.5) is 28.9 Å². The van der Waals surface area contributed by atoms with Crippen LogP contribution in [-0.2, 0) is 21.5 Å². The lowest BCUT2D eigenvalue weighted by Gasteiger charge is -2.37. The summed E-state index contributed by atoms with van der Waals surface area (Å²) >= 11 is 0. The van der Waals surface area contributed by atoms with Crippen molar-refractivity contribution in [2.24, 2.45) is 0 Å². The fourth-order valence-electron chi connectivity index (χ4n) is 8.09. The highest BCUT2D eigenvalue weighted by molar-refractivity contribution is 6.23. The lowest BCUT2D eigenvalue weighted by atomic mass is 9.92. The quantitative estimate of drug-likeness (QED) is 0.105. The number of hydrogen-bond donors (Lipinski definition) is 3. The van der Waals surface area contributed by atoms with Gasteiger partial charge in [-0.2, -0.15) is 23.4 Å². The summed E-state index contributed by atoms with van der Waals surface area (Å²) in [5, 5.41) is 15.3. The number of nitrogens with zero attached hydrogens (tertiary/aromatic N) is 8. The SMILES string of the molecule is Cc1cc(-c2ccc(Oc3ccc(N4CCN(c5cc6c(cc5F)C(=O)N(C5CCC(=O)NC5=O)C6=O)CC4)cn3)cc2)ccc1-n1cc(C(=O)NCc2nc(C(C)(C)C(F)(F)F)n[nH]2)cn1. The highest BCUT2D eigenvalue weighted by Crippen LogP contribution is 2.39. The van der Waals surface area contributed by atoms with E-state index in [1.165, 1.54) is 12.3 Å². The summed E-state index contributed by atoms with van der Waals surface area (Å²) in [4.78, 5) is 76.5. The molecule has 1 unspecified atom stereocenters. The van der Waals surface area contributed by atoms with Gasteiger partial charge in [-0.1, -0.05) is 18.2 Å². The van der Waals surface area contributed by atoms with Crippen LogP contribution < -0.4 is 25.2 Å². The Morgan fingerprint density at radius 3 is 2.24 bits per heavy atom. The van der Waals surface area contributed by atoms with Gasteiger partial charge in [0.25, 0.3) is 17.7 Å². The van der Waals surface area contributed by atoms with E-state index in [9.17, 15) is 37.1 Å². The molecule has 0 spiro atoms. The molecule has 2 saturated heterocycles. The maximum absolute atomic E-state index is 15.5. The molecule has 3 aromatic carbocycles. The maximum Gasteiger partial charge on any atom is 0.401 e. The van der Waals surface area contributed by atoms with E-state index in [-0.39, 0.29) is 47.6 Å². The van der Waals surface area contributed by atoms with E-state index in [0.717, 1.165) is 52.9 Å². The minimum atomic E-state index is -4.55. The van der Waals surface area contributed by atoms with Gasteiger partial charge in [-0.05, 0) is 86.3 Å². The van der Waals surface area contributed by atoms with E-state index >= 15 is 4.39 Å². The summed E-state index contributed by atoms with van der Waals surface area (Å²) in [7, 11) is 0. The molecule has 0 radical (unpaired) electrons. The minimum absolute atomic E-state index is 0.00707. The number of nitrogens with one attached hydrogen (secondary N) is 3. The third kappa shape index (κ3) is 8.54. The van der Waals surface area contributed by atoms with E-state index in [2.05, 4.69) is 40.8 Å². The summed E-state index contributed by atoms with van der Waals surface area (Å²) in [6, 6.07) is 18.2. The molecule has 3 aliphatic heterocycles. The van der Waals surface area contributed by atoms with Crippen molar-refractivity contribution in [3.05, 3.63) is 125 Å². The summed E-state index contributed by atoms with van der Waals surface area (Å²) in [5.41, 5.74) is 2.37. The second-order valence-corrected chi connectivity index (χ2v) is 16.8. The molecule has 67 heavy (non-hydrogen) atoms. The number of carbonyl (C=O) groups excluding carboxylic acids is 5. The first-order valence-corrected chi connectivity index (χ1v) is 21.2. The van der Waals surface area contributed by atoms with Gasteiger partial charge in [0.1, 0.15) is 28.8 Å². The molecule has 1 atom stereocenters. The van der Waals surface area contributed by atoms with Crippen molar-refractivity contribution in [3.63, 3.8) is 0 Å². The number of carbonyl (C=O) groups is 5. The number of piperidine rings is 1. The Kier molecular flexibility index (Phi) is 11.3. The van der Waals surface area contributed by atoms with Crippen molar-refractivity contribution in [3.8, 4) is 28.4 Å². The number of benzene rings is 3. The molecule has 6 aromatic rings. The molecular formula is C46H41F4N11O6. The van der Waals surface area contributed by atoms with Crippen molar-refractivity contribution in [2.75, 3.05) is 36.0 Å². The van der Waals surface area contributed by atoms with Crippen LogP contribution in [0, 0.1) is 12.7 Å². The first-order chi connectivity index (χ1) is 31.9. The van der Waals surface area contributed by atoms with Gasteiger partial charge in [-0.15, -0.1) is 0 Å². The Balaban J connectivity index is 0.770. The molecule has 6 heterocycles. The van der Waals surface area contributed by atoms with Crippen molar-refractivity contribution < 1.29 is 46.3 Å². The fraction of sp³-hybridized carbons (Fsp3) is 0.283. The second kappa shape index (κ2) is 17.1. The minimum Gasteiger partial charge on any atom is -0.439 e. The number of halogens is 4. The number of alkyl halides is 3. The van der Waals surface area contributed by atoms with Gasteiger partial charge in [0, 0.05) is 44.9 Å². The zero-order valence-electron chi connectivity index (χ0n) is 36.1. The predicted octanol–water partition coefficient (Wildman–Crippen LogP) is 5.79. The van der Waals surface area contributed by atoms with Crippen LogP contribution in [-0.4, -0.2) is 103 Å². The summed E-state index contributed by atoms with van der Waals surface area (Å²) in [6.45, 7) is 5.58. The average molecular weight is 920 g/mol. The van der Waals surface area contributed by atoms with Gasteiger partial charge in [0.05, 0.1) is 52.7 Å². The fourth-order valence-corrected chi connectivity index (χ4v) is 8.09. The average Bonchev–Trinajstić information content (AvgIpc) is 4.05. The van der Waals surface area contributed by atoms with Crippen LogP contribution in [0.1, 0.15) is 75.0 Å². The van der Waals surface area contributed by atoms with Crippen LogP contribution in [0.25, 0.3) is 16.8 Å². The van der Waals surface area contributed by atoms with Crippen LogP contribution >= 0.6 is 0 Å². The molecule has 3 aromatic heterocycles. The molecule has 3 aliphatic rings.